The summed E-state index contributed by atoms with van der Waals surface area (Å²) < 4.78 is 13.1. The van der Waals surface area contributed by atoms with Crippen LogP contribution in [0.4, 0.5) is 14.9 Å². The van der Waals surface area contributed by atoms with Crippen LogP contribution >= 0.6 is 11.3 Å². The third-order valence-electron chi connectivity index (χ3n) is 3.77. The summed E-state index contributed by atoms with van der Waals surface area (Å²) >= 11 is 1.52. The molecule has 23 heavy (non-hydrogen) atoms. The molecule has 0 aliphatic carbocycles. The van der Waals surface area contributed by atoms with Gasteiger partial charge in [-0.15, -0.1) is 11.3 Å². The van der Waals surface area contributed by atoms with Crippen LogP contribution in [0.3, 0.4) is 0 Å². The maximum absolute atomic E-state index is 13.1. The van der Waals surface area contributed by atoms with Gasteiger partial charge in [0.1, 0.15) is 11.9 Å². The number of hydrogen-bond donors (Lipinski definition) is 0. The van der Waals surface area contributed by atoms with Gasteiger partial charge in [-0.2, -0.15) is 0 Å². The summed E-state index contributed by atoms with van der Waals surface area (Å²) in [4.78, 5) is 32.0. The van der Waals surface area contributed by atoms with Gasteiger partial charge >= 0.3 is 6.03 Å². The van der Waals surface area contributed by atoms with Crippen LogP contribution in [0.25, 0.3) is 0 Å². The van der Waals surface area contributed by atoms with Crippen LogP contribution in [0.2, 0.25) is 0 Å². The van der Waals surface area contributed by atoms with Gasteiger partial charge in [-0.25, -0.2) is 14.2 Å². The molecule has 1 saturated heterocycles. The Kier molecular flexibility index (Phi) is 4.12. The number of halogens is 1. The first-order chi connectivity index (χ1) is 11.0. The minimum Gasteiger partial charge on any atom is -0.282 e. The summed E-state index contributed by atoms with van der Waals surface area (Å²) in [7, 11) is 0. The molecule has 2 aromatic rings. The van der Waals surface area contributed by atoms with E-state index in [0.29, 0.717) is 11.4 Å². The molecule has 1 aliphatic rings. The van der Waals surface area contributed by atoms with E-state index in [1.807, 2.05) is 12.3 Å². The van der Waals surface area contributed by atoms with E-state index in [4.69, 9.17) is 0 Å². The molecule has 1 fully saturated rings. The number of aryl methyl sites for hydroxylation is 1. The lowest BCUT2D eigenvalue weighted by Crippen LogP contribution is -2.33. The van der Waals surface area contributed by atoms with Crippen molar-refractivity contribution in [2.45, 2.75) is 32.9 Å². The van der Waals surface area contributed by atoms with Crippen molar-refractivity contribution in [3.8, 4) is 0 Å². The Balaban J connectivity index is 1.84. The molecule has 1 aromatic carbocycles. The van der Waals surface area contributed by atoms with Crippen LogP contribution in [0.15, 0.2) is 29.6 Å². The number of urea groups is 1. The lowest BCUT2D eigenvalue weighted by molar-refractivity contribution is -0.127. The summed E-state index contributed by atoms with van der Waals surface area (Å²) in [5, 5.41) is 2.84. The molecule has 0 bridgehead atoms. The largest absolute Gasteiger partial charge is 0.332 e. The highest BCUT2D eigenvalue weighted by Gasteiger charge is 2.43. The molecular weight excluding hydrogens is 317 g/mol. The average molecular weight is 333 g/mol. The van der Waals surface area contributed by atoms with Crippen LogP contribution in [-0.2, 0) is 17.8 Å². The zero-order valence-electron chi connectivity index (χ0n) is 12.8. The standard InChI is InChI=1S/C16H16FN3O2S/c1-3-14-18-12(9-23-14)8-19-15(21)10(2)20(16(19)22)13-6-4-11(17)5-7-13/h4-7,9-10H,3,8H2,1-2H3. The lowest BCUT2D eigenvalue weighted by Gasteiger charge is -2.19. The van der Waals surface area contributed by atoms with Crippen molar-refractivity contribution in [1.29, 1.82) is 0 Å². The fraction of sp³-hybridized carbons (Fsp3) is 0.312. The highest BCUT2D eigenvalue weighted by molar-refractivity contribution is 7.09. The van der Waals surface area contributed by atoms with E-state index in [9.17, 15) is 14.0 Å². The van der Waals surface area contributed by atoms with Gasteiger partial charge in [0.2, 0.25) is 0 Å². The molecule has 3 rings (SSSR count). The van der Waals surface area contributed by atoms with Crippen molar-refractivity contribution in [2.24, 2.45) is 0 Å². The first kappa shape index (κ1) is 15.6. The second kappa shape index (κ2) is 6.08. The predicted octanol–water partition coefficient (Wildman–Crippen LogP) is 3.20. The Labute approximate surface area is 137 Å². The molecule has 1 aromatic heterocycles. The number of carbonyl (C=O) groups excluding carboxylic acids is 2. The number of hydrogen-bond acceptors (Lipinski definition) is 4. The maximum atomic E-state index is 13.1. The van der Waals surface area contributed by atoms with Gasteiger partial charge in [-0.1, -0.05) is 6.92 Å². The van der Waals surface area contributed by atoms with Crippen molar-refractivity contribution < 1.29 is 14.0 Å². The molecule has 0 N–H and O–H groups in total. The number of aromatic nitrogens is 1. The zero-order valence-corrected chi connectivity index (χ0v) is 13.6. The lowest BCUT2D eigenvalue weighted by atomic mass is 10.2. The van der Waals surface area contributed by atoms with Crippen LogP contribution in [-0.4, -0.2) is 27.9 Å². The quantitative estimate of drug-likeness (QED) is 0.808. The monoisotopic (exact) mass is 333 g/mol. The van der Waals surface area contributed by atoms with E-state index in [2.05, 4.69) is 4.98 Å². The summed E-state index contributed by atoms with van der Waals surface area (Å²) in [5.74, 6) is -0.656. The van der Waals surface area contributed by atoms with Crippen molar-refractivity contribution in [2.75, 3.05) is 4.90 Å². The summed E-state index contributed by atoms with van der Waals surface area (Å²) in [6, 6.07) is 4.53. The molecule has 7 heteroatoms. The molecule has 3 amide bonds. The van der Waals surface area contributed by atoms with Crippen molar-refractivity contribution in [3.63, 3.8) is 0 Å². The Morgan fingerprint density at radius 2 is 1.96 bits per heavy atom. The zero-order chi connectivity index (χ0) is 16.6. The van der Waals surface area contributed by atoms with E-state index in [-0.39, 0.29) is 18.3 Å². The number of anilines is 1. The molecule has 120 valence electrons. The van der Waals surface area contributed by atoms with Gasteiger partial charge in [-0.05, 0) is 37.6 Å². The Morgan fingerprint density at radius 1 is 1.26 bits per heavy atom. The molecule has 5 nitrogen and oxygen atoms in total. The van der Waals surface area contributed by atoms with Gasteiger partial charge in [0.25, 0.3) is 5.91 Å². The molecule has 0 radical (unpaired) electrons. The smallest absolute Gasteiger partial charge is 0.282 e. The number of carbonyl (C=O) groups is 2. The molecular formula is C16H16FN3O2S. The van der Waals surface area contributed by atoms with Crippen LogP contribution in [0, 0.1) is 5.82 Å². The molecule has 2 heterocycles. The number of thiazole rings is 1. The van der Waals surface area contributed by atoms with Crippen molar-refractivity contribution in [3.05, 3.63) is 46.2 Å². The molecule has 1 aliphatic heterocycles. The normalized spacial score (nSPS) is 18.1. The first-order valence-electron chi connectivity index (χ1n) is 7.34. The van der Waals surface area contributed by atoms with Crippen molar-refractivity contribution in [1.82, 2.24) is 9.88 Å². The van der Waals surface area contributed by atoms with Crippen molar-refractivity contribution >= 4 is 29.0 Å². The number of imide groups is 1. The Hall–Kier alpha value is -2.28. The topological polar surface area (TPSA) is 53.5 Å². The van der Waals surface area contributed by atoms with E-state index in [1.165, 1.54) is 45.4 Å². The van der Waals surface area contributed by atoms with E-state index in [0.717, 1.165) is 11.4 Å². The Bertz CT molecular complexity index is 744. The number of amides is 3. The minimum absolute atomic E-state index is 0.163. The number of benzene rings is 1. The number of rotatable bonds is 4. The summed E-state index contributed by atoms with van der Waals surface area (Å²) in [6.45, 7) is 3.84. The maximum Gasteiger partial charge on any atom is 0.332 e. The second-order valence-corrected chi connectivity index (χ2v) is 6.26. The fourth-order valence-corrected chi connectivity index (χ4v) is 3.29. The van der Waals surface area contributed by atoms with E-state index < -0.39 is 12.1 Å². The molecule has 0 spiro atoms. The van der Waals surface area contributed by atoms with Crippen LogP contribution in [0.1, 0.15) is 24.5 Å². The fourth-order valence-electron chi connectivity index (χ4n) is 2.55. The van der Waals surface area contributed by atoms with E-state index >= 15 is 0 Å². The molecule has 0 saturated carbocycles. The first-order valence-corrected chi connectivity index (χ1v) is 8.22. The molecule has 1 unspecified atom stereocenters. The van der Waals surface area contributed by atoms with Gasteiger partial charge in [-0.3, -0.25) is 14.6 Å². The summed E-state index contributed by atoms with van der Waals surface area (Å²) in [6.07, 6.45) is 0.824. The van der Waals surface area contributed by atoms with Gasteiger partial charge < -0.3 is 0 Å². The Morgan fingerprint density at radius 3 is 2.57 bits per heavy atom. The van der Waals surface area contributed by atoms with Gasteiger partial charge in [0, 0.05) is 11.1 Å². The van der Waals surface area contributed by atoms with Crippen LogP contribution in [0.5, 0.6) is 0 Å². The van der Waals surface area contributed by atoms with E-state index in [1.54, 1.807) is 6.92 Å². The highest BCUT2D eigenvalue weighted by atomic mass is 32.1. The second-order valence-electron chi connectivity index (χ2n) is 5.32. The summed E-state index contributed by atoms with van der Waals surface area (Å²) in [5.41, 5.74) is 1.22. The molecule has 1 atom stereocenters. The third kappa shape index (κ3) is 2.84. The SMILES string of the molecule is CCc1nc(CN2C(=O)C(C)N(c3ccc(F)cc3)C2=O)cs1. The third-order valence-corrected chi connectivity index (χ3v) is 4.82. The van der Waals surface area contributed by atoms with Gasteiger partial charge in [0.15, 0.2) is 0 Å². The predicted molar refractivity (Wildman–Crippen MR) is 85.8 cm³/mol. The number of nitrogens with zero attached hydrogens (tertiary/aromatic N) is 3. The highest BCUT2D eigenvalue weighted by Crippen LogP contribution is 2.27. The van der Waals surface area contributed by atoms with Crippen LogP contribution < -0.4 is 4.90 Å². The average Bonchev–Trinajstić information content (AvgIpc) is 3.08. The van der Waals surface area contributed by atoms with Gasteiger partial charge in [0.05, 0.1) is 17.2 Å². The minimum atomic E-state index is -0.614.